The number of hydrogen-bond acceptors (Lipinski definition) is 10. The molecule has 0 spiro atoms. The summed E-state index contributed by atoms with van der Waals surface area (Å²) in [5.74, 6) is -2.55. The molecule has 3 aromatic rings. The van der Waals surface area contributed by atoms with Crippen LogP contribution in [0.3, 0.4) is 0 Å². The molecule has 0 amide bonds. The Morgan fingerprint density at radius 2 is 1.56 bits per heavy atom. The van der Waals surface area contributed by atoms with Crippen LogP contribution in [-0.2, 0) is 14.1 Å². The van der Waals surface area contributed by atoms with E-state index in [0.29, 0.717) is 10.8 Å². The molecule has 5 N–H and O–H groups in total. The summed E-state index contributed by atoms with van der Waals surface area (Å²) < 4.78 is 24.9. The number of nitrogens with one attached hydrogen (secondary N) is 1. The number of nitrogens with zero attached hydrogens (tertiary/aromatic N) is 1. The largest absolute Gasteiger partial charge is 0.494 e. The first-order valence-electron chi connectivity index (χ1n) is 11.6. The van der Waals surface area contributed by atoms with E-state index < -0.39 is 43.3 Å². The van der Waals surface area contributed by atoms with Gasteiger partial charge in [-0.3, -0.25) is 24.8 Å². The second-order valence-electron chi connectivity index (χ2n) is 7.99. The van der Waals surface area contributed by atoms with Crippen LogP contribution in [0.15, 0.2) is 48.5 Å². The molecule has 0 aliphatic heterocycles. The van der Waals surface area contributed by atoms with Gasteiger partial charge in [0, 0.05) is 17.2 Å². The highest BCUT2D eigenvalue weighted by molar-refractivity contribution is 7.51. The van der Waals surface area contributed by atoms with E-state index in [0.717, 1.165) is 13.2 Å². The topological polar surface area (TPSA) is 232 Å². The molecule has 3 rings (SSSR count). The number of benzene rings is 3. The predicted octanol–water partition coefficient (Wildman–Crippen LogP) is 5.98. The number of carboxylic acids is 2. The van der Waals surface area contributed by atoms with E-state index in [2.05, 4.69) is 10.1 Å². The number of hydrogen-bond donors (Lipinski definition) is 5. The van der Waals surface area contributed by atoms with Gasteiger partial charge in [-0.2, -0.15) is 0 Å². The molecular weight excluding hydrogens is 709 g/mol. The second-order valence-corrected chi connectivity index (χ2v) is 11.3. The van der Waals surface area contributed by atoms with Crippen LogP contribution in [-0.4, -0.2) is 69.9 Å². The Bertz CT molecular complexity index is 1600. The third-order valence-corrected chi connectivity index (χ3v) is 6.54. The van der Waals surface area contributed by atoms with Gasteiger partial charge in [-0.15, -0.1) is 0 Å². The second kappa shape index (κ2) is 18.3. The summed E-state index contributed by atoms with van der Waals surface area (Å²) in [6.45, 7) is -0.439. The number of aliphatic carboxylic acids is 1. The van der Waals surface area contributed by atoms with Crippen molar-refractivity contribution in [2.24, 2.45) is 0 Å². The summed E-state index contributed by atoms with van der Waals surface area (Å²) in [7, 11) is -1.62. The summed E-state index contributed by atoms with van der Waals surface area (Å²) in [6, 6.07) is 11.2. The van der Waals surface area contributed by atoms with Crippen LogP contribution in [0.25, 0.3) is 0 Å². The lowest BCUT2D eigenvalue weighted by Gasteiger charge is -2.09. The minimum Gasteiger partial charge on any atom is -0.494 e. The third-order valence-electron chi connectivity index (χ3n) is 4.76. The number of nitro groups is 1. The predicted molar refractivity (Wildman–Crippen MR) is 163 cm³/mol. The van der Waals surface area contributed by atoms with E-state index in [1.54, 1.807) is 12.1 Å². The Hall–Kier alpha value is -3.66. The minimum atomic E-state index is -4.10. The highest BCUT2D eigenvalue weighted by Gasteiger charge is 2.22. The van der Waals surface area contributed by atoms with Crippen molar-refractivity contribution in [1.82, 2.24) is 5.32 Å². The Kier molecular flexibility index (Phi) is 16.0. The van der Waals surface area contributed by atoms with Gasteiger partial charge >= 0.3 is 25.5 Å². The van der Waals surface area contributed by atoms with Crippen LogP contribution in [0, 0.1) is 10.1 Å². The van der Waals surface area contributed by atoms with E-state index in [4.69, 9.17) is 75.9 Å². The van der Waals surface area contributed by atoms with Crippen LogP contribution >= 0.6 is 54.0 Å². The van der Waals surface area contributed by atoms with Gasteiger partial charge in [-0.25, -0.2) is 9.59 Å². The number of rotatable bonds is 10. The SMILES string of the molecule is COC(=O)c1cc(Oc2ccc(Cl)cc2Cl)ccc1[N+](=O)[O-].COc1c(Cl)ccc(Cl)c1C(=O)O.O=C(O)CNCP(=O)(O)O. The van der Waals surface area contributed by atoms with Gasteiger partial charge < -0.3 is 34.2 Å². The average Bonchev–Trinajstić information content (AvgIpc) is 2.94. The van der Waals surface area contributed by atoms with E-state index >= 15 is 0 Å². The quantitative estimate of drug-likeness (QED) is 0.0699. The number of methoxy groups -OCH3 is 2. The molecule has 15 nitrogen and oxygen atoms in total. The highest BCUT2D eigenvalue weighted by Crippen LogP contribution is 2.35. The minimum absolute atomic E-state index is 0.0849. The van der Waals surface area contributed by atoms with Gasteiger partial charge in [0.25, 0.3) is 5.69 Å². The number of carboxylic acid groups (broad SMARTS) is 2. The van der Waals surface area contributed by atoms with Crippen LogP contribution in [0.2, 0.25) is 20.1 Å². The first kappa shape index (κ1) is 39.4. The summed E-state index contributed by atoms with van der Waals surface area (Å²) in [6.07, 6.45) is -0.598. The van der Waals surface area contributed by atoms with E-state index in [1.165, 1.54) is 37.4 Å². The molecule has 0 aliphatic carbocycles. The normalized spacial score (nSPS) is 10.3. The monoisotopic (exact) mass is 730 g/mol. The van der Waals surface area contributed by atoms with Crippen molar-refractivity contribution in [2.75, 3.05) is 27.1 Å². The van der Waals surface area contributed by atoms with Crippen molar-refractivity contribution in [2.45, 2.75) is 0 Å². The molecule has 0 fully saturated rings. The van der Waals surface area contributed by atoms with E-state index in [9.17, 15) is 29.1 Å². The molecule has 0 saturated heterocycles. The van der Waals surface area contributed by atoms with Crippen molar-refractivity contribution >= 4 is 77.6 Å². The molecule has 0 unspecified atom stereocenters. The molecular formula is C25H23Cl4N2O13P. The first-order valence-corrected chi connectivity index (χ1v) is 14.9. The molecule has 0 heterocycles. The molecule has 244 valence electrons. The van der Waals surface area contributed by atoms with Crippen LogP contribution < -0.4 is 14.8 Å². The summed E-state index contributed by atoms with van der Waals surface area (Å²) in [5.41, 5.74) is -0.701. The Balaban J connectivity index is 0.000000374. The molecule has 0 radical (unpaired) electrons. The number of ether oxygens (including phenoxy) is 3. The van der Waals surface area contributed by atoms with Crippen molar-refractivity contribution in [3.8, 4) is 17.2 Å². The summed E-state index contributed by atoms with van der Waals surface area (Å²) >= 11 is 23.1. The molecule has 45 heavy (non-hydrogen) atoms. The lowest BCUT2D eigenvalue weighted by Crippen LogP contribution is -2.23. The third kappa shape index (κ3) is 13.5. The van der Waals surface area contributed by atoms with Gasteiger partial charge in [0.1, 0.15) is 22.6 Å². The Morgan fingerprint density at radius 3 is 2.02 bits per heavy atom. The number of esters is 1. The Morgan fingerprint density at radius 1 is 0.933 bits per heavy atom. The molecule has 20 heteroatoms. The molecule has 0 atom stereocenters. The zero-order chi connectivity index (χ0) is 34.5. The summed E-state index contributed by atoms with van der Waals surface area (Å²) in [5, 5.41) is 30.8. The van der Waals surface area contributed by atoms with E-state index in [1.807, 2.05) is 0 Å². The number of nitro benzene ring substituents is 1. The maximum atomic E-state index is 11.6. The molecule has 0 bridgehead atoms. The van der Waals surface area contributed by atoms with Crippen molar-refractivity contribution in [3.63, 3.8) is 0 Å². The fourth-order valence-corrected chi connectivity index (χ4v) is 4.25. The number of aromatic carboxylic acids is 1. The molecule has 0 saturated carbocycles. The molecule has 0 aromatic heterocycles. The summed E-state index contributed by atoms with van der Waals surface area (Å²) in [4.78, 5) is 58.8. The highest BCUT2D eigenvalue weighted by atomic mass is 35.5. The first-order chi connectivity index (χ1) is 20.9. The van der Waals surface area contributed by atoms with Gasteiger partial charge in [0.15, 0.2) is 5.75 Å². The zero-order valence-electron chi connectivity index (χ0n) is 22.9. The van der Waals surface area contributed by atoms with Crippen LogP contribution in [0.5, 0.6) is 17.2 Å². The molecule has 3 aromatic carbocycles. The maximum Gasteiger partial charge on any atom is 0.345 e. The number of halogens is 4. The number of carbonyl (C=O) groups is 3. The van der Waals surface area contributed by atoms with Gasteiger partial charge in [-0.05, 0) is 36.4 Å². The van der Waals surface area contributed by atoms with Crippen molar-refractivity contribution in [1.29, 1.82) is 0 Å². The maximum absolute atomic E-state index is 11.6. The van der Waals surface area contributed by atoms with Crippen molar-refractivity contribution in [3.05, 3.63) is 89.9 Å². The van der Waals surface area contributed by atoms with Crippen LogP contribution in [0.4, 0.5) is 5.69 Å². The smallest absolute Gasteiger partial charge is 0.345 e. The van der Waals surface area contributed by atoms with Crippen LogP contribution in [0.1, 0.15) is 20.7 Å². The fourth-order valence-electron chi connectivity index (χ4n) is 2.94. The van der Waals surface area contributed by atoms with Gasteiger partial charge in [0.05, 0.1) is 47.0 Å². The van der Waals surface area contributed by atoms with Gasteiger partial charge in [-0.1, -0.05) is 46.4 Å². The Labute approximate surface area is 274 Å². The standard InChI is InChI=1S/C14H9Cl2NO5.C8H6Cl2O3.C3H8NO5P/c1-21-14(18)10-7-9(3-4-12(10)17(19)20)22-13-5-2-8(15)6-11(13)16;1-13-7-5(10)3-2-4(9)6(7)8(11)12;5-3(6)1-4-2-10(7,8)9/h2-7H,1H3;2-3H,1H3,(H,11,12);4H,1-2H2,(H,5,6)(H2,7,8,9). The average molecular weight is 732 g/mol. The zero-order valence-corrected chi connectivity index (χ0v) is 26.8. The fraction of sp³-hybridized carbons (Fsp3) is 0.160. The van der Waals surface area contributed by atoms with Gasteiger partial charge in [0.2, 0.25) is 0 Å². The van der Waals surface area contributed by atoms with Crippen molar-refractivity contribution < 1.29 is 58.1 Å². The van der Waals surface area contributed by atoms with E-state index in [-0.39, 0.29) is 43.4 Å². The lowest BCUT2D eigenvalue weighted by atomic mass is 10.1. The molecule has 0 aliphatic rings. The number of carbonyl (C=O) groups excluding carboxylic acids is 1. The lowest BCUT2D eigenvalue weighted by molar-refractivity contribution is -0.385.